The second-order valence-corrected chi connectivity index (χ2v) is 11.1. The highest BCUT2D eigenvalue weighted by atomic mass is 28.2. The summed E-state index contributed by atoms with van der Waals surface area (Å²) in [6, 6.07) is 9.22. The third kappa shape index (κ3) is 12.2. The minimum Gasteiger partial charge on any atom is -0.416 e. The van der Waals surface area contributed by atoms with E-state index in [0.29, 0.717) is 12.2 Å². The zero-order valence-electron chi connectivity index (χ0n) is 19.2. The normalized spacial score (nSPS) is 14.4. The van der Waals surface area contributed by atoms with Crippen LogP contribution in [0.15, 0.2) is 24.3 Å². The molecule has 162 valence electrons. The van der Waals surface area contributed by atoms with Crippen molar-refractivity contribution in [3.63, 3.8) is 0 Å². The second kappa shape index (κ2) is 17.4. The molecule has 2 nitrogen and oxygen atoms in total. The molecule has 0 heterocycles. The van der Waals surface area contributed by atoms with Gasteiger partial charge in [0.15, 0.2) is 19.5 Å². The monoisotopic (exact) mass is 422 g/mol. The first-order valence-corrected chi connectivity index (χ1v) is 14.6. The van der Waals surface area contributed by atoms with Gasteiger partial charge in [0, 0.05) is 12.2 Å². The summed E-state index contributed by atoms with van der Waals surface area (Å²) in [6.45, 7) is 9.08. The SMILES string of the molecule is CCCCCC(CCC)O[SiH2]c1ccc([SiH2]OC(CCC)CCCCC)cc1. The average molecular weight is 423 g/mol. The Hall–Kier alpha value is -0.426. The molecule has 2 unspecified atom stereocenters. The van der Waals surface area contributed by atoms with Gasteiger partial charge in [-0.3, -0.25) is 0 Å². The molecule has 1 rings (SSSR count). The Balaban J connectivity index is 2.40. The predicted molar refractivity (Wildman–Crippen MR) is 131 cm³/mol. The van der Waals surface area contributed by atoms with E-state index >= 15 is 0 Å². The van der Waals surface area contributed by atoms with Gasteiger partial charge in [0.1, 0.15) is 0 Å². The zero-order chi connectivity index (χ0) is 20.5. The summed E-state index contributed by atoms with van der Waals surface area (Å²) < 4.78 is 12.7. The Morgan fingerprint density at radius 3 is 1.29 bits per heavy atom. The van der Waals surface area contributed by atoms with Crippen molar-refractivity contribution in [2.75, 3.05) is 0 Å². The van der Waals surface area contributed by atoms with E-state index in [-0.39, 0.29) is 0 Å². The highest BCUT2D eigenvalue weighted by molar-refractivity contribution is 6.49. The van der Waals surface area contributed by atoms with Gasteiger partial charge in [0.2, 0.25) is 0 Å². The summed E-state index contributed by atoms with van der Waals surface area (Å²) in [6.07, 6.45) is 16.2. The van der Waals surface area contributed by atoms with Gasteiger partial charge in [-0.25, -0.2) is 0 Å². The van der Waals surface area contributed by atoms with Crippen LogP contribution in [-0.4, -0.2) is 31.7 Å². The minimum atomic E-state index is -0.607. The van der Waals surface area contributed by atoms with Crippen molar-refractivity contribution in [3.05, 3.63) is 24.3 Å². The number of hydrogen-bond acceptors (Lipinski definition) is 2. The van der Waals surface area contributed by atoms with Gasteiger partial charge >= 0.3 is 0 Å². The quantitative estimate of drug-likeness (QED) is 0.253. The molecule has 0 saturated heterocycles. The van der Waals surface area contributed by atoms with Gasteiger partial charge in [-0.2, -0.15) is 0 Å². The van der Waals surface area contributed by atoms with Crippen molar-refractivity contribution >= 4 is 29.9 Å². The van der Waals surface area contributed by atoms with Crippen LogP contribution in [0.5, 0.6) is 0 Å². The standard InChI is InChI=1S/C24H46O2Si2/c1-5-9-11-15-21(13-7-3)25-27-23-17-19-24(20-18-23)28-26-22(14-8-4)16-12-10-6-2/h17-22H,5-16,27-28H2,1-4H3. The maximum atomic E-state index is 6.36. The maximum absolute atomic E-state index is 6.36. The van der Waals surface area contributed by atoms with Crippen LogP contribution in [0.3, 0.4) is 0 Å². The smallest absolute Gasteiger partial charge is 0.192 e. The van der Waals surface area contributed by atoms with E-state index in [1.54, 1.807) is 0 Å². The topological polar surface area (TPSA) is 18.5 Å². The summed E-state index contributed by atoms with van der Waals surface area (Å²) in [7, 11) is -1.21. The largest absolute Gasteiger partial charge is 0.416 e. The fourth-order valence-electron chi connectivity index (χ4n) is 3.67. The van der Waals surface area contributed by atoms with Crippen LogP contribution in [0.2, 0.25) is 0 Å². The molecule has 2 atom stereocenters. The molecule has 1 aromatic rings. The number of hydrogen-bond donors (Lipinski definition) is 0. The van der Waals surface area contributed by atoms with Crippen molar-refractivity contribution in [2.24, 2.45) is 0 Å². The van der Waals surface area contributed by atoms with Gasteiger partial charge in [-0.15, -0.1) is 0 Å². The molecule has 0 spiro atoms. The van der Waals surface area contributed by atoms with Crippen molar-refractivity contribution < 1.29 is 8.85 Å². The highest BCUT2D eigenvalue weighted by Crippen LogP contribution is 2.12. The second-order valence-electron chi connectivity index (χ2n) is 8.25. The molecule has 0 aliphatic rings. The number of unbranched alkanes of at least 4 members (excludes halogenated alkanes) is 4. The maximum Gasteiger partial charge on any atom is 0.192 e. The number of rotatable bonds is 18. The minimum absolute atomic E-state index is 0.485. The Labute approximate surface area is 180 Å². The van der Waals surface area contributed by atoms with Gasteiger partial charge < -0.3 is 8.85 Å². The van der Waals surface area contributed by atoms with Gasteiger partial charge in [-0.1, -0.05) is 103 Å². The van der Waals surface area contributed by atoms with Crippen LogP contribution < -0.4 is 10.4 Å². The lowest BCUT2D eigenvalue weighted by atomic mass is 10.1. The van der Waals surface area contributed by atoms with Crippen LogP contribution in [0.1, 0.15) is 105 Å². The first kappa shape index (κ1) is 25.6. The molecule has 0 aliphatic carbocycles. The van der Waals surface area contributed by atoms with E-state index in [1.807, 2.05) is 0 Å². The molecule has 4 heteroatoms. The summed E-state index contributed by atoms with van der Waals surface area (Å²) in [5.74, 6) is 0. The van der Waals surface area contributed by atoms with Crippen molar-refractivity contribution in [3.8, 4) is 0 Å². The van der Waals surface area contributed by atoms with E-state index in [0.717, 1.165) is 0 Å². The molecule has 0 saturated carbocycles. The van der Waals surface area contributed by atoms with Crippen LogP contribution in [0.4, 0.5) is 0 Å². The Morgan fingerprint density at radius 2 is 0.964 bits per heavy atom. The molecule has 0 bridgehead atoms. The fourth-order valence-corrected chi connectivity index (χ4v) is 6.05. The lowest BCUT2D eigenvalue weighted by Gasteiger charge is -2.18. The highest BCUT2D eigenvalue weighted by Gasteiger charge is 2.10. The molecule has 0 aliphatic heterocycles. The molecule has 0 radical (unpaired) electrons. The van der Waals surface area contributed by atoms with Gasteiger partial charge in [0.05, 0.1) is 0 Å². The lowest BCUT2D eigenvalue weighted by molar-refractivity contribution is 0.187. The summed E-state index contributed by atoms with van der Waals surface area (Å²) in [5, 5.41) is 2.87. The van der Waals surface area contributed by atoms with Gasteiger partial charge in [0.25, 0.3) is 0 Å². The van der Waals surface area contributed by atoms with E-state index < -0.39 is 19.5 Å². The Kier molecular flexibility index (Phi) is 15.9. The van der Waals surface area contributed by atoms with E-state index in [4.69, 9.17) is 8.85 Å². The lowest BCUT2D eigenvalue weighted by Crippen LogP contribution is -2.28. The summed E-state index contributed by atoms with van der Waals surface area (Å²) >= 11 is 0. The van der Waals surface area contributed by atoms with Gasteiger partial charge in [-0.05, 0) is 36.1 Å². The molecular weight excluding hydrogens is 376 g/mol. The summed E-state index contributed by atoms with van der Waals surface area (Å²) in [5.41, 5.74) is 0. The molecule has 0 N–H and O–H groups in total. The third-order valence-electron chi connectivity index (χ3n) is 5.47. The molecule has 0 fully saturated rings. The first-order chi connectivity index (χ1) is 13.7. The van der Waals surface area contributed by atoms with Crippen molar-refractivity contribution in [1.29, 1.82) is 0 Å². The molecule has 0 aromatic heterocycles. The van der Waals surface area contributed by atoms with E-state index in [1.165, 1.54) is 87.4 Å². The Morgan fingerprint density at radius 1 is 0.571 bits per heavy atom. The molecular formula is C24H46O2Si2. The van der Waals surface area contributed by atoms with Crippen LogP contribution in [0.25, 0.3) is 0 Å². The zero-order valence-corrected chi connectivity index (χ0v) is 22.0. The molecule has 28 heavy (non-hydrogen) atoms. The fraction of sp³-hybridized carbons (Fsp3) is 0.750. The van der Waals surface area contributed by atoms with E-state index in [9.17, 15) is 0 Å². The van der Waals surface area contributed by atoms with Crippen LogP contribution in [-0.2, 0) is 8.85 Å². The summed E-state index contributed by atoms with van der Waals surface area (Å²) in [4.78, 5) is 0. The molecule has 1 aromatic carbocycles. The van der Waals surface area contributed by atoms with Crippen LogP contribution in [0, 0.1) is 0 Å². The third-order valence-corrected chi connectivity index (χ3v) is 8.36. The van der Waals surface area contributed by atoms with Crippen molar-refractivity contribution in [1.82, 2.24) is 0 Å². The average Bonchev–Trinajstić information content (AvgIpc) is 2.71. The van der Waals surface area contributed by atoms with Crippen LogP contribution >= 0.6 is 0 Å². The predicted octanol–water partition coefficient (Wildman–Crippen LogP) is 4.64. The van der Waals surface area contributed by atoms with E-state index in [2.05, 4.69) is 52.0 Å². The number of benzene rings is 1. The Bertz CT molecular complexity index is 421. The van der Waals surface area contributed by atoms with Crippen molar-refractivity contribution in [2.45, 2.75) is 117 Å². The first-order valence-electron chi connectivity index (χ1n) is 12.0. The molecule has 0 amide bonds.